The fraction of sp³-hybridized carbons (Fsp3) is 0.182. The number of nitrogens with zero attached hydrogens (tertiary/aromatic N) is 2. The molecule has 0 saturated carbocycles. The van der Waals surface area contributed by atoms with Crippen LogP contribution in [-0.4, -0.2) is 23.4 Å². The summed E-state index contributed by atoms with van der Waals surface area (Å²) >= 11 is 6.01. The van der Waals surface area contributed by atoms with E-state index in [0.717, 1.165) is 28.3 Å². The van der Waals surface area contributed by atoms with Crippen molar-refractivity contribution < 1.29 is 9.53 Å². The van der Waals surface area contributed by atoms with Crippen molar-refractivity contribution in [1.29, 1.82) is 0 Å². The van der Waals surface area contributed by atoms with Gasteiger partial charge in [-0.05, 0) is 69.3 Å². The molecule has 0 aliphatic carbocycles. The fourth-order valence-electron chi connectivity index (χ4n) is 2.98. The third-order valence-corrected chi connectivity index (χ3v) is 4.50. The summed E-state index contributed by atoms with van der Waals surface area (Å²) in [6.45, 7) is 6.26. The highest BCUT2D eigenvalue weighted by atomic mass is 35.5. The molecule has 0 bridgehead atoms. The van der Waals surface area contributed by atoms with E-state index in [1.165, 1.54) is 0 Å². The summed E-state index contributed by atoms with van der Waals surface area (Å²) in [5.41, 5.74) is 5.53. The van der Waals surface area contributed by atoms with Gasteiger partial charge >= 0.3 is 5.97 Å². The van der Waals surface area contributed by atoms with Crippen LogP contribution >= 0.6 is 11.6 Å². The first-order valence-electron chi connectivity index (χ1n) is 8.75. The predicted molar refractivity (Wildman–Crippen MR) is 110 cm³/mol. The number of benzene rings is 2. The van der Waals surface area contributed by atoms with Crippen LogP contribution in [0.15, 0.2) is 59.6 Å². The second-order valence-electron chi connectivity index (χ2n) is 6.17. The molecule has 138 valence electrons. The Balaban J connectivity index is 1.88. The molecule has 1 heterocycles. The Kier molecular flexibility index (Phi) is 5.77. The van der Waals surface area contributed by atoms with Gasteiger partial charge in [-0.1, -0.05) is 17.7 Å². The lowest BCUT2D eigenvalue weighted by molar-refractivity contribution is 0.0526. The minimum Gasteiger partial charge on any atom is -0.462 e. The van der Waals surface area contributed by atoms with E-state index in [1.54, 1.807) is 19.1 Å². The van der Waals surface area contributed by atoms with Gasteiger partial charge in [0.2, 0.25) is 0 Å². The second-order valence-corrected chi connectivity index (χ2v) is 6.60. The third-order valence-electron chi connectivity index (χ3n) is 4.27. The SMILES string of the molecule is CCOC(=O)c1ccc(-n2c(C)cc(C=Nc3cccc(Cl)c3)c2C)cc1. The monoisotopic (exact) mass is 380 g/mol. The number of hydrogen-bond acceptors (Lipinski definition) is 3. The lowest BCUT2D eigenvalue weighted by Crippen LogP contribution is -2.05. The van der Waals surface area contributed by atoms with Crippen molar-refractivity contribution in [2.45, 2.75) is 20.8 Å². The van der Waals surface area contributed by atoms with E-state index in [0.29, 0.717) is 17.2 Å². The molecule has 3 rings (SSSR count). The van der Waals surface area contributed by atoms with Crippen LogP contribution in [0.2, 0.25) is 5.02 Å². The minimum absolute atomic E-state index is 0.306. The van der Waals surface area contributed by atoms with Gasteiger partial charge in [0.1, 0.15) is 0 Å². The minimum atomic E-state index is -0.306. The van der Waals surface area contributed by atoms with E-state index in [2.05, 4.69) is 15.6 Å². The molecule has 0 saturated heterocycles. The first-order chi connectivity index (χ1) is 13.0. The quantitative estimate of drug-likeness (QED) is 0.422. The predicted octanol–water partition coefficient (Wildman–Crippen LogP) is 5.67. The van der Waals surface area contributed by atoms with Crippen LogP contribution in [0.25, 0.3) is 5.69 Å². The molecule has 0 aliphatic heterocycles. The third kappa shape index (κ3) is 4.29. The van der Waals surface area contributed by atoms with Crippen molar-refractivity contribution in [1.82, 2.24) is 4.57 Å². The van der Waals surface area contributed by atoms with Gasteiger partial charge < -0.3 is 9.30 Å². The van der Waals surface area contributed by atoms with Crippen LogP contribution in [0.1, 0.15) is 34.2 Å². The first-order valence-corrected chi connectivity index (χ1v) is 9.13. The number of carbonyl (C=O) groups excluding carboxylic acids is 1. The van der Waals surface area contributed by atoms with Gasteiger partial charge in [-0.2, -0.15) is 0 Å². The highest BCUT2D eigenvalue weighted by Gasteiger charge is 2.11. The van der Waals surface area contributed by atoms with Gasteiger partial charge in [-0.3, -0.25) is 4.99 Å². The van der Waals surface area contributed by atoms with Crippen LogP contribution < -0.4 is 0 Å². The van der Waals surface area contributed by atoms with Gasteiger partial charge in [-0.15, -0.1) is 0 Å². The fourth-order valence-corrected chi connectivity index (χ4v) is 3.16. The van der Waals surface area contributed by atoms with Crippen LogP contribution in [-0.2, 0) is 4.74 Å². The number of carbonyl (C=O) groups is 1. The van der Waals surface area contributed by atoms with E-state index in [9.17, 15) is 4.79 Å². The van der Waals surface area contributed by atoms with Gasteiger partial charge in [0.05, 0.1) is 17.9 Å². The maximum atomic E-state index is 11.8. The molecule has 0 fully saturated rings. The molecule has 0 amide bonds. The molecular weight excluding hydrogens is 360 g/mol. The molecule has 3 aromatic rings. The lowest BCUT2D eigenvalue weighted by atomic mass is 10.2. The number of aromatic nitrogens is 1. The summed E-state index contributed by atoms with van der Waals surface area (Å²) in [6.07, 6.45) is 1.84. The van der Waals surface area contributed by atoms with Gasteiger partial charge in [0, 0.05) is 33.9 Å². The Hall–Kier alpha value is -2.85. The van der Waals surface area contributed by atoms with E-state index < -0.39 is 0 Å². The summed E-state index contributed by atoms with van der Waals surface area (Å²) in [5, 5.41) is 0.664. The maximum absolute atomic E-state index is 11.8. The summed E-state index contributed by atoms with van der Waals surface area (Å²) in [6, 6.07) is 16.9. The second kappa shape index (κ2) is 8.23. The van der Waals surface area contributed by atoms with Crippen molar-refractivity contribution in [3.05, 3.63) is 82.1 Å². The first kappa shape index (κ1) is 18.9. The molecule has 5 heteroatoms. The molecule has 0 spiro atoms. The molecular formula is C22H21ClN2O2. The number of hydrogen-bond donors (Lipinski definition) is 0. The smallest absolute Gasteiger partial charge is 0.338 e. The maximum Gasteiger partial charge on any atom is 0.338 e. The lowest BCUT2D eigenvalue weighted by Gasteiger charge is -2.10. The summed E-state index contributed by atoms with van der Waals surface area (Å²) in [7, 11) is 0. The van der Waals surface area contributed by atoms with Gasteiger partial charge in [-0.25, -0.2) is 4.79 Å². The Labute approximate surface area is 164 Å². The van der Waals surface area contributed by atoms with Gasteiger partial charge in [0.25, 0.3) is 0 Å². The number of rotatable bonds is 5. The normalized spacial score (nSPS) is 11.1. The Morgan fingerprint density at radius 2 is 1.89 bits per heavy atom. The van der Waals surface area contributed by atoms with Crippen molar-refractivity contribution in [2.24, 2.45) is 4.99 Å². The number of esters is 1. The number of ether oxygens (including phenoxy) is 1. The zero-order valence-electron chi connectivity index (χ0n) is 15.6. The number of aryl methyl sites for hydroxylation is 1. The average molecular weight is 381 g/mol. The summed E-state index contributed by atoms with van der Waals surface area (Å²) < 4.78 is 7.17. The van der Waals surface area contributed by atoms with Crippen LogP contribution in [0, 0.1) is 13.8 Å². The van der Waals surface area contributed by atoms with E-state index in [-0.39, 0.29) is 5.97 Å². The van der Waals surface area contributed by atoms with Gasteiger partial charge in [0.15, 0.2) is 0 Å². The molecule has 1 aromatic heterocycles. The Morgan fingerprint density at radius 3 is 2.56 bits per heavy atom. The molecule has 0 radical (unpaired) electrons. The van der Waals surface area contributed by atoms with Crippen molar-refractivity contribution in [3.8, 4) is 5.69 Å². The van der Waals surface area contributed by atoms with E-state index >= 15 is 0 Å². The molecule has 2 aromatic carbocycles. The number of aliphatic imine (C=N–C) groups is 1. The van der Waals surface area contributed by atoms with Crippen LogP contribution in [0.3, 0.4) is 0 Å². The Bertz CT molecular complexity index is 988. The van der Waals surface area contributed by atoms with Crippen LogP contribution in [0.5, 0.6) is 0 Å². The van der Waals surface area contributed by atoms with Crippen molar-refractivity contribution >= 4 is 29.5 Å². The topological polar surface area (TPSA) is 43.6 Å². The van der Waals surface area contributed by atoms with Crippen molar-refractivity contribution in [2.75, 3.05) is 6.61 Å². The standard InChI is InChI=1S/C22H21ClN2O2/c1-4-27-22(26)17-8-10-21(11-9-17)25-15(2)12-18(16(25)3)14-24-20-7-5-6-19(23)13-20/h5-14H,4H2,1-3H3. The average Bonchev–Trinajstić information content (AvgIpc) is 2.94. The van der Waals surface area contributed by atoms with E-state index in [4.69, 9.17) is 16.3 Å². The summed E-state index contributed by atoms with van der Waals surface area (Å²) in [4.78, 5) is 16.3. The molecule has 0 aliphatic rings. The summed E-state index contributed by atoms with van der Waals surface area (Å²) in [5.74, 6) is -0.306. The van der Waals surface area contributed by atoms with E-state index in [1.807, 2.05) is 56.5 Å². The molecule has 0 N–H and O–H groups in total. The zero-order chi connectivity index (χ0) is 19.4. The highest BCUT2D eigenvalue weighted by Crippen LogP contribution is 2.22. The molecule has 0 unspecified atom stereocenters. The van der Waals surface area contributed by atoms with Crippen molar-refractivity contribution in [3.63, 3.8) is 0 Å². The largest absolute Gasteiger partial charge is 0.462 e. The highest BCUT2D eigenvalue weighted by molar-refractivity contribution is 6.30. The number of halogens is 1. The molecule has 0 atom stereocenters. The Morgan fingerprint density at radius 1 is 1.15 bits per heavy atom. The van der Waals surface area contributed by atoms with Crippen LogP contribution in [0.4, 0.5) is 5.69 Å². The zero-order valence-corrected chi connectivity index (χ0v) is 16.3. The molecule has 4 nitrogen and oxygen atoms in total. The molecule has 27 heavy (non-hydrogen) atoms.